The maximum atomic E-state index is 13.2. The Labute approximate surface area is 158 Å². The molecule has 1 heterocycles. The number of halogens is 2. The maximum Gasteiger partial charge on any atom is 0.235 e. The molecule has 25 heavy (non-hydrogen) atoms. The summed E-state index contributed by atoms with van der Waals surface area (Å²) in [5, 5.41) is 3.94. The van der Waals surface area contributed by atoms with Crippen LogP contribution in [0.5, 0.6) is 0 Å². The molecule has 0 spiro atoms. The zero-order chi connectivity index (χ0) is 17.9. The van der Waals surface area contributed by atoms with Gasteiger partial charge in [-0.05, 0) is 49.1 Å². The van der Waals surface area contributed by atoms with E-state index in [1.54, 1.807) is 18.3 Å². The van der Waals surface area contributed by atoms with Crippen LogP contribution >= 0.6 is 23.2 Å². The number of benzene rings is 1. The summed E-state index contributed by atoms with van der Waals surface area (Å²) in [7, 11) is 0. The second-order valence-electron chi connectivity index (χ2n) is 6.98. The van der Waals surface area contributed by atoms with Gasteiger partial charge in [-0.3, -0.25) is 4.79 Å². The zero-order valence-corrected chi connectivity index (χ0v) is 15.8. The highest BCUT2D eigenvalue weighted by atomic mass is 35.5. The van der Waals surface area contributed by atoms with Gasteiger partial charge in [0.15, 0.2) is 0 Å². The molecular weight excluding hydrogens is 355 g/mol. The number of anilines is 1. The topological polar surface area (TPSA) is 42.0 Å². The molecule has 1 aromatic carbocycles. The predicted molar refractivity (Wildman–Crippen MR) is 103 cm³/mol. The van der Waals surface area contributed by atoms with Crippen LogP contribution < -0.4 is 5.32 Å². The molecule has 1 aliphatic rings. The summed E-state index contributed by atoms with van der Waals surface area (Å²) in [6.07, 6.45) is 7.29. The summed E-state index contributed by atoms with van der Waals surface area (Å²) >= 11 is 12.3. The van der Waals surface area contributed by atoms with Crippen molar-refractivity contribution in [2.75, 3.05) is 5.32 Å². The summed E-state index contributed by atoms with van der Waals surface area (Å²) in [6, 6.07) is 11.0. The maximum absolute atomic E-state index is 13.2. The zero-order valence-electron chi connectivity index (χ0n) is 14.3. The standard InChI is InChI=1S/C20H22Cl2N2O/c1-20(13-14-6-2-3-7-14,15-9-10-16(21)17(22)12-15)19(25)24-18-8-4-5-11-23-18/h4-5,8-12,14H,2-3,6-7,13H2,1H3,(H,23,24,25). The van der Waals surface area contributed by atoms with Crippen molar-refractivity contribution >= 4 is 34.9 Å². The van der Waals surface area contributed by atoms with Gasteiger partial charge in [-0.15, -0.1) is 0 Å². The molecule has 0 radical (unpaired) electrons. The number of nitrogens with zero attached hydrogens (tertiary/aromatic N) is 1. The average molecular weight is 377 g/mol. The van der Waals surface area contributed by atoms with E-state index < -0.39 is 5.41 Å². The highest BCUT2D eigenvalue weighted by Gasteiger charge is 2.38. The third-order valence-corrected chi connectivity index (χ3v) is 5.88. The largest absolute Gasteiger partial charge is 0.310 e. The molecule has 5 heteroatoms. The lowest BCUT2D eigenvalue weighted by Crippen LogP contribution is -2.39. The SMILES string of the molecule is CC(CC1CCCC1)(C(=O)Nc1ccccn1)c1ccc(Cl)c(Cl)c1. The summed E-state index contributed by atoms with van der Waals surface area (Å²) < 4.78 is 0. The van der Waals surface area contributed by atoms with Crippen LogP contribution in [-0.4, -0.2) is 10.9 Å². The van der Waals surface area contributed by atoms with Gasteiger partial charge in [0.25, 0.3) is 0 Å². The normalized spacial score (nSPS) is 17.2. The Balaban J connectivity index is 1.92. The van der Waals surface area contributed by atoms with Crippen LogP contribution in [0, 0.1) is 5.92 Å². The first-order chi connectivity index (χ1) is 12.0. The Morgan fingerprint density at radius 3 is 2.60 bits per heavy atom. The van der Waals surface area contributed by atoms with Crippen molar-refractivity contribution in [3.63, 3.8) is 0 Å². The van der Waals surface area contributed by atoms with Gasteiger partial charge in [0.05, 0.1) is 15.5 Å². The molecule has 1 aliphatic carbocycles. The molecule has 1 fully saturated rings. The van der Waals surface area contributed by atoms with Crippen LogP contribution in [0.2, 0.25) is 10.0 Å². The van der Waals surface area contributed by atoms with E-state index in [-0.39, 0.29) is 5.91 Å². The van der Waals surface area contributed by atoms with Gasteiger partial charge in [0.2, 0.25) is 5.91 Å². The lowest BCUT2D eigenvalue weighted by molar-refractivity contribution is -0.121. The number of hydrogen-bond donors (Lipinski definition) is 1. The Morgan fingerprint density at radius 1 is 1.20 bits per heavy atom. The van der Waals surface area contributed by atoms with E-state index in [9.17, 15) is 4.79 Å². The summed E-state index contributed by atoms with van der Waals surface area (Å²) in [6.45, 7) is 1.99. The summed E-state index contributed by atoms with van der Waals surface area (Å²) in [5.74, 6) is 1.05. The summed E-state index contributed by atoms with van der Waals surface area (Å²) in [5.41, 5.74) is 0.211. The van der Waals surface area contributed by atoms with E-state index in [4.69, 9.17) is 23.2 Å². The van der Waals surface area contributed by atoms with Crippen LogP contribution in [0.1, 0.15) is 44.6 Å². The molecule has 1 N–H and O–H groups in total. The van der Waals surface area contributed by atoms with Crippen LogP contribution in [0.3, 0.4) is 0 Å². The van der Waals surface area contributed by atoms with E-state index in [1.807, 2.05) is 31.2 Å². The first-order valence-corrected chi connectivity index (χ1v) is 9.42. The predicted octanol–water partition coefficient (Wildman–Crippen LogP) is 5.87. The smallest absolute Gasteiger partial charge is 0.235 e. The van der Waals surface area contributed by atoms with Gasteiger partial charge >= 0.3 is 0 Å². The highest BCUT2D eigenvalue weighted by Crippen LogP contribution is 2.40. The van der Waals surface area contributed by atoms with Gasteiger partial charge in [0.1, 0.15) is 5.82 Å². The molecular formula is C20H22Cl2N2O. The number of aromatic nitrogens is 1. The molecule has 1 amide bonds. The first-order valence-electron chi connectivity index (χ1n) is 8.67. The van der Waals surface area contributed by atoms with Crippen molar-refractivity contribution in [1.29, 1.82) is 0 Å². The van der Waals surface area contributed by atoms with Crippen LogP contribution in [0.25, 0.3) is 0 Å². The number of amides is 1. The molecule has 0 aliphatic heterocycles. The van der Waals surface area contributed by atoms with Crippen LogP contribution in [0.15, 0.2) is 42.6 Å². The number of hydrogen-bond acceptors (Lipinski definition) is 2. The van der Waals surface area contributed by atoms with Crippen LogP contribution in [0.4, 0.5) is 5.82 Å². The van der Waals surface area contributed by atoms with Crippen molar-refractivity contribution in [2.24, 2.45) is 5.92 Å². The van der Waals surface area contributed by atoms with Crippen LogP contribution in [-0.2, 0) is 10.2 Å². The Bertz CT molecular complexity index is 745. The number of carbonyl (C=O) groups is 1. The van der Waals surface area contributed by atoms with E-state index in [0.29, 0.717) is 21.8 Å². The van der Waals surface area contributed by atoms with Gasteiger partial charge < -0.3 is 5.32 Å². The van der Waals surface area contributed by atoms with E-state index in [0.717, 1.165) is 12.0 Å². The molecule has 1 unspecified atom stereocenters. The molecule has 3 rings (SSSR count). The minimum atomic E-state index is -0.680. The lowest BCUT2D eigenvalue weighted by Gasteiger charge is -2.31. The van der Waals surface area contributed by atoms with E-state index >= 15 is 0 Å². The van der Waals surface area contributed by atoms with Crippen molar-refractivity contribution in [3.05, 3.63) is 58.2 Å². The van der Waals surface area contributed by atoms with Gasteiger partial charge in [-0.1, -0.05) is 61.0 Å². The number of carbonyl (C=O) groups excluding carboxylic acids is 1. The molecule has 3 nitrogen and oxygen atoms in total. The highest BCUT2D eigenvalue weighted by molar-refractivity contribution is 6.42. The molecule has 2 aromatic rings. The fourth-order valence-corrected chi connectivity index (χ4v) is 3.96. The van der Waals surface area contributed by atoms with Gasteiger partial charge in [-0.25, -0.2) is 4.98 Å². The van der Waals surface area contributed by atoms with Gasteiger partial charge in [0, 0.05) is 6.20 Å². The average Bonchev–Trinajstić information content (AvgIpc) is 3.11. The van der Waals surface area contributed by atoms with Crippen molar-refractivity contribution in [3.8, 4) is 0 Å². The first kappa shape index (κ1) is 18.2. The number of pyridine rings is 1. The summed E-state index contributed by atoms with van der Waals surface area (Å²) in [4.78, 5) is 17.4. The van der Waals surface area contributed by atoms with Gasteiger partial charge in [-0.2, -0.15) is 0 Å². The molecule has 132 valence electrons. The monoisotopic (exact) mass is 376 g/mol. The van der Waals surface area contributed by atoms with Crippen molar-refractivity contribution in [1.82, 2.24) is 4.98 Å². The molecule has 1 saturated carbocycles. The second kappa shape index (κ2) is 7.76. The third kappa shape index (κ3) is 4.16. The lowest BCUT2D eigenvalue weighted by atomic mass is 9.74. The fourth-order valence-electron chi connectivity index (χ4n) is 3.66. The van der Waals surface area contributed by atoms with E-state index in [2.05, 4.69) is 10.3 Å². The Hall–Kier alpha value is -1.58. The molecule has 0 saturated heterocycles. The Morgan fingerprint density at radius 2 is 1.96 bits per heavy atom. The van der Waals surface area contributed by atoms with Crippen molar-refractivity contribution < 1.29 is 4.79 Å². The third-order valence-electron chi connectivity index (χ3n) is 5.14. The molecule has 1 aromatic heterocycles. The minimum absolute atomic E-state index is 0.0588. The fraction of sp³-hybridized carbons (Fsp3) is 0.400. The quantitative estimate of drug-likeness (QED) is 0.709. The molecule has 0 bridgehead atoms. The number of rotatable bonds is 5. The minimum Gasteiger partial charge on any atom is -0.310 e. The van der Waals surface area contributed by atoms with Crippen molar-refractivity contribution in [2.45, 2.75) is 44.4 Å². The van der Waals surface area contributed by atoms with E-state index in [1.165, 1.54) is 25.7 Å². The number of nitrogens with one attached hydrogen (secondary N) is 1. The second-order valence-corrected chi connectivity index (χ2v) is 7.80. The molecule has 1 atom stereocenters. The Kier molecular flexibility index (Phi) is 5.65.